The zero-order valence-corrected chi connectivity index (χ0v) is 7.48. The van der Waals surface area contributed by atoms with E-state index < -0.39 is 0 Å². The van der Waals surface area contributed by atoms with Gasteiger partial charge in [-0.2, -0.15) is 5.10 Å². The lowest BCUT2D eigenvalue weighted by atomic mass is 10.5. The Kier molecular flexibility index (Phi) is 3.32. The third-order valence-corrected chi connectivity index (χ3v) is 1.47. The zero-order valence-electron chi connectivity index (χ0n) is 6.66. The predicted molar refractivity (Wildman–Crippen MR) is 50.0 cm³/mol. The fraction of sp³-hybridized carbons (Fsp3) is 0.333. The lowest BCUT2D eigenvalue weighted by Crippen LogP contribution is -2.21. The highest BCUT2D eigenvalue weighted by molar-refractivity contribution is 7.80. The second-order valence-electron chi connectivity index (χ2n) is 2.28. The molecule has 2 amide bonds. The van der Waals surface area contributed by atoms with E-state index >= 15 is 0 Å². The van der Waals surface area contributed by atoms with Gasteiger partial charge in [0.15, 0.2) is 5.11 Å². The van der Waals surface area contributed by atoms with Crippen LogP contribution in [0.2, 0.25) is 0 Å². The van der Waals surface area contributed by atoms with Crippen LogP contribution in [0.1, 0.15) is 6.42 Å². The molecule has 70 valence electrons. The molecule has 0 saturated carbocycles. The van der Waals surface area contributed by atoms with Gasteiger partial charge in [-0.25, -0.2) is 5.43 Å². The minimum absolute atomic E-state index is 0.0185. The van der Waals surface area contributed by atoms with Crippen LogP contribution in [-0.2, 0) is 9.59 Å². The maximum Gasteiger partial charge on any atom is 0.245 e. The van der Waals surface area contributed by atoms with Crippen molar-refractivity contribution in [3.63, 3.8) is 0 Å². The van der Waals surface area contributed by atoms with Gasteiger partial charge in [-0.3, -0.25) is 9.59 Å². The standard InChI is InChI=1S/C3H4N2OS.C3H4N2O/c6-2-1-4-3(7)5-2;6-3-1-2-4-5-3/h1H2,(H2,4,5,6,7);2H,1H2,(H,5,6). The molecular formula is C6H8N4O2S. The Labute approximate surface area is 79.8 Å². The molecule has 0 aliphatic carbocycles. The number of hydrazone groups is 1. The lowest BCUT2D eigenvalue weighted by molar-refractivity contribution is -0.119. The lowest BCUT2D eigenvalue weighted by Gasteiger charge is -1.83. The highest BCUT2D eigenvalue weighted by Gasteiger charge is 2.10. The molecule has 1 saturated heterocycles. The van der Waals surface area contributed by atoms with Gasteiger partial charge in [0.05, 0.1) is 13.0 Å². The summed E-state index contributed by atoms with van der Waals surface area (Å²) in [5.41, 5.74) is 2.25. The normalized spacial score (nSPS) is 18.6. The number of amides is 2. The van der Waals surface area contributed by atoms with Gasteiger partial charge in [0.1, 0.15) is 0 Å². The fourth-order valence-electron chi connectivity index (χ4n) is 0.667. The van der Waals surface area contributed by atoms with Crippen molar-refractivity contribution in [1.82, 2.24) is 16.1 Å². The van der Waals surface area contributed by atoms with Gasteiger partial charge >= 0.3 is 0 Å². The molecule has 1 fully saturated rings. The molecule has 2 heterocycles. The van der Waals surface area contributed by atoms with Gasteiger partial charge < -0.3 is 10.6 Å². The van der Waals surface area contributed by atoms with E-state index in [2.05, 4.69) is 33.4 Å². The highest BCUT2D eigenvalue weighted by atomic mass is 32.1. The van der Waals surface area contributed by atoms with E-state index in [0.717, 1.165) is 0 Å². The average molecular weight is 200 g/mol. The van der Waals surface area contributed by atoms with Crippen LogP contribution in [0.3, 0.4) is 0 Å². The number of hydrogen-bond donors (Lipinski definition) is 3. The van der Waals surface area contributed by atoms with Gasteiger partial charge in [-0.05, 0) is 12.2 Å². The molecule has 2 aliphatic rings. The first-order valence-electron chi connectivity index (χ1n) is 3.56. The molecule has 0 aromatic carbocycles. The van der Waals surface area contributed by atoms with E-state index in [-0.39, 0.29) is 11.8 Å². The Morgan fingerprint density at radius 3 is 2.31 bits per heavy atom. The number of carbonyl (C=O) groups is 2. The summed E-state index contributed by atoms with van der Waals surface area (Å²) >= 11 is 4.55. The molecule has 13 heavy (non-hydrogen) atoms. The second kappa shape index (κ2) is 4.51. The van der Waals surface area contributed by atoms with Crippen LogP contribution in [0.5, 0.6) is 0 Å². The summed E-state index contributed by atoms with van der Waals surface area (Å²) < 4.78 is 0. The summed E-state index contributed by atoms with van der Waals surface area (Å²) in [5.74, 6) is -0.0694. The van der Waals surface area contributed by atoms with Crippen LogP contribution in [0.25, 0.3) is 0 Å². The average Bonchev–Trinajstić information content (AvgIpc) is 2.64. The molecule has 0 aromatic rings. The number of nitrogens with one attached hydrogen (secondary N) is 3. The molecule has 0 unspecified atom stereocenters. The van der Waals surface area contributed by atoms with Crippen LogP contribution < -0.4 is 16.1 Å². The molecule has 3 N–H and O–H groups in total. The van der Waals surface area contributed by atoms with Gasteiger partial charge in [0.2, 0.25) is 11.8 Å². The van der Waals surface area contributed by atoms with Crippen molar-refractivity contribution in [3.8, 4) is 0 Å². The summed E-state index contributed by atoms with van der Waals surface area (Å²) in [6, 6.07) is 0. The first kappa shape index (κ1) is 9.59. The number of carbonyl (C=O) groups excluding carboxylic acids is 2. The van der Waals surface area contributed by atoms with Crippen LogP contribution in [0.15, 0.2) is 5.10 Å². The van der Waals surface area contributed by atoms with E-state index in [9.17, 15) is 9.59 Å². The van der Waals surface area contributed by atoms with E-state index in [1.54, 1.807) is 6.21 Å². The van der Waals surface area contributed by atoms with Crippen molar-refractivity contribution in [3.05, 3.63) is 0 Å². The van der Waals surface area contributed by atoms with E-state index in [4.69, 9.17) is 0 Å². The first-order chi connectivity index (χ1) is 6.18. The van der Waals surface area contributed by atoms with Gasteiger partial charge in [-0.1, -0.05) is 0 Å². The van der Waals surface area contributed by atoms with Gasteiger partial charge in [0.25, 0.3) is 0 Å². The summed E-state index contributed by atoms with van der Waals surface area (Å²) in [4.78, 5) is 20.2. The van der Waals surface area contributed by atoms with Gasteiger partial charge in [-0.15, -0.1) is 0 Å². The van der Waals surface area contributed by atoms with E-state index in [0.29, 0.717) is 18.1 Å². The number of nitrogens with zero attached hydrogens (tertiary/aromatic N) is 1. The SMILES string of the molecule is O=C1CC=NN1.O=C1CNC(=S)N1. The second-order valence-corrected chi connectivity index (χ2v) is 2.69. The van der Waals surface area contributed by atoms with Gasteiger partial charge in [0, 0.05) is 6.21 Å². The minimum atomic E-state index is -0.0509. The quantitative estimate of drug-likeness (QED) is 0.415. The Bertz CT molecular complexity index is 252. The highest BCUT2D eigenvalue weighted by Crippen LogP contribution is 1.79. The third-order valence-electron chi connectivity index (χ3n) is 1.22. The molecular weight excluding hydrogens is 192 g/mol. The topological polar surface area (TPSA) is 82.6 Å². The Morgan fingerprint density at radius 2 is 2.15 bits per heavy atom. The Hall–Kier alpha value is -1.50. The fourth-order valence-corrected chi connectivity index (χ4v) is 0.853. The van der Waals surface area contributed by atoms with Crippen LogP contribution >= 0.6 is 12.2 Å². The molecule has 0 bridgehead atoms. The molecule has 6 nitrogen and oxygen atoms in total. The molecule has 0 atom stereocenters. The van der Waals surface area contributed by atoms with Crippen molar-refractivity contribution in [2.75, 3.05) is 6.54 Å². The maximum absolute atomic E-state index is 10.2. The number of rotatable bonds is 0. The van der Waals surface area contributed by atoms with Crippen molar-refractivity contribution < 1.29 is 9.59 Å². The Balaban J connectivity index is 0.000000132. The summed E-state index contributed by atoms with van der Waals surface area (Å²) in [7, 11) is 0. The Morgan fingerprint density at radius 1 is 1.38 bits per heavy atom. The molecule has 0 aromatic heterocycles. The van der Waals surface area contributed by atoms with Crippen molar-refractivity contribution in [2.45, 2.75) is 6.42 Å². The van der Waals surface area contributed by atoms with Crippen LogP contribution in [0, 0.1) is 0 Å². The summed E-state index contributed by atoms with van der Waals surface area (Å²) in [6.07, 6.45) is 1.99. The smallest absolute Gasteiger partial charge is 0.245 e. The molecule has 2 rings (SSSR count). The summed E-state index contributed by atoms with van der Waals surface area (Å²) in [5, 5.41) is 8.91. The predicted octanol–water partition coefficient (Wildman–Crippen LogP) is -1.52. The maximum atomic E-state index is 10.2. The van der Waals surface area contributed by atoms with Crippen molar-refractivity contribution in [1.29, 1.82) is 0 Å². The molecule has 0 spiro atoms. The number of thiocarbonyl (C=S) groups is 1. The zero-order chi connectivity index (χ0) is 9.68. The van der Waals surface area contributed by atoms with E-state index in [1.807, 2.05) is 0 Å². The molecule has 2 aliphatic heterocycles. The largest absolute Gasteiger partial charge is 0.353 e. The molecule has 0 radical (unpaired) electrons. The van der Waals surface area contributed by atoms with Crippen molar-refractivity contribution >= 4 is 35.4 Å². The first-order valence-corrected chi connectivity index (χ1v) is 3.97. The van der Waals surface area contributed by atoms with Crippen molar-refractivity contribution in [2.24, 2.45) is 5.10 Å². The summed E-state index contributed by atoms with van der Waals surface area (Å²) in [6.45, 7) is 0.332. The van der Waals surface area contributed by atoms with Crippen LogP contribution in [0.4, 0.5) is 0 Å². The third kappa shape index (κ3) is 3.61. The molecule has 7 heteroatoms. The van der Waals surface area contributed by atoms with Crippen LogP contribution in [-0.4, -0.2) is 29.7 Å². The number of hydrogen-bond acceptors (Lipinski definition) is 4. The van der Waals surface area contributed by atoms with E-state index in [1.165, 1.54) is 0 Å². The minimum Gasteiger partial charge on any atom is -0.353 e. The monoisotopic (exact) mass is 200 g/mol.